The summed E-state index contributed by atoms with van der Waals surface area (Å²) in [7, 11) is 0. The van der Waals surface area contributed by atoms with E-state index in [4.69, 9.17) is 4.98 Å². The molecule has 0 saturated heterocycles. The Kier molecular flexibility index (Phi) is 3.39. The molecule has 3 heterocycles. The zero-order valence-corrected chi connectivity index (χ0v) is 13.0. The zero-order valence-electron chi connectivity index (χ0n) is 13.0. The van der Waals surface area contributed by atoms with Crippen LogP contribution in [-0.2, 0) is 0 Å². The quantitative estimate of drug-likeness (QED) is 0.570. The normalized spacial score (nSPS) is 10.9. The van der Waals surface area contributed by atoms with Crippen molar-refractivity contribution >= 4 is 10.9 Å². The Hall–Kier alpha value is -3.34. The Morgan fingerprint density at radius 2 is 1.92 bits per heavy atom. The van der Waals surface area contributed by atoms with Gasteiger partial charge in [0.2, 0.25) is 0 Å². The standard InChI is InChI=1S/C19H14N4O/c1-13-7-8-16-15(11-13)19(24)23(17-6-2-3-10-21-17)18(22-16)14-5-4-9-20-12-14/h2-12H,1H3. The summed E-state index contributed by atoms with van der Waals surface area (Å²) in [6.45, 7) is 1.96. The summed E-state index contributed by atoms with van der Waals surface area (Å²) >= 11 is 0. The van der Waals surface area contributed by atoms with Crippen molar-refractivity contribution in [1.82, 2.24) is 19.5 Å². The Morgan fingerprint density at radius 1 is 1.00 bits per heavy atom. The van der Waals surface area contributed by atoms with Gasteiger partial charge in [0.15, 0.2) is 5.82 Å². The molecular weight excluding hydrogens is 300 g/mol. The van der Waals surface area contributed by atoms with Gasteiger partial charge in [0.05, 0.1) is 10.9 Å². The second-order valence-corrected chi connectivity index (χ2v) is 5.53. The first kappa shape index (κ1) is 14.3. The third kappa shape index (κ3) is 2.36. The number of rotatable bonds is 2. The predicted molar refractivity (Wildman–Crippen MR) is 93.1 cm³/mol. The van der Waals surface area contributed by atoms with Gasteiger partial charge in [-0.3, -0.25) is 9.78 Å². The number of aromatic nitrogens is 4. The van der Waals surface area contributed by atoms with E-state index in [0.29, 0.717) is 22.5 Å². The van der Waals surface area contributed by atoms with Crippen LogP contribution in [0, 0.1) is 6.92 Å². The minimum Gasteiger partial charge on any atom is -0.268 e. The summed E-state index contributed by atoms with van der Waals surface area (Å²) in [6, 6.07) is 14.8. The molecule has 1 aromatic carbocycles. The van der Waals surface area contributed by atoms with Crippen LogP contribution in [-0.4, -0.2) is 19.5 Å². The Bertz CT molecular complexity index is 1070. The van der Waals surface area contributed by atoms with E-state index < -0.39 is 0 Å². The molecule has 0 aliphatic rings. The van der Waals surface area contributed by atoms with Crippen LogP contribution in [0.2, 0.25) is 0 Å². The zero-order chi connectivity index (χ0) is 16.5. The number of aryl methyl sites for hydroxylation is 1. The van der Waals surface area contributed by atoms with Crippen LogP contribution >= 0.6 is 0 Å². The van der Waals surface area contributed by atoms with Crippen molar-refractivity contribution in [2.45, 2.75) is 6.92 Å². The maximum absolute atomic E-state index is 13.1. The number of benzene rings is 1. The van der Waals surface area contributed by atoms with Gasteiger partial charge in [-0.05, 0) is 43.3 Å². The smallest absolute Gasteiger partial charge is 0.267 e. The van der Waals surface area contributed by atoms with Crippen molar-refractivity contribution in [1.29, 1.82) is 0 Å². The predicted octanol–water partition coefficient (Wildman–Crippen LogP) is 3.15. The third-order valence-electron chi connectivity index (χ3n) is 3.82. The van der Waals surface area contributed by atoms with Gasteiger partial charge >= 0.3 is 0 Å². The van der Waals surface area contributed by atoms with Gasteiger partial charge < -0.3 is 0 Å². The maximum Gasteiger partial charge on any atom is 0.267 e. The van der Waals surface area contributed by atoms with E-state index in [9.17, 15) is 4.79 Å². The van der Waals surface area contributed by atoms with Gasteiger partial charge in [-0.2, -0.15) is 0 Å². The molecule has 5 nitrogen and oxygen atoms in total. The number of hydrogen-bond acceptors (Lipinski definition) is 4. The van der Waals surface area contributed by atoms with Gasteiger partial charge in [-0.1, -0.05) is 17.7 Å². The van der Waals surface area contributed by atoms with Crippen molar-refractivity contribution in [2.24, 2.45) is 0 Å². The number of pyridine rings is 2. The van der Waals surface area contributed by atoms with E-state index in [0.717, 1.165) is 11.1 Å². The highest BCUT2D eigenvalue weighted by molar-refractivity contribution is 5.81. The van der Waals surface area contributed by atoms with Crippen molar-refractivity contribution in [3.05, 3.63) is 83.0 Å². The SMILES string of the molecule is Cc1ccc2nc(-c3cccnc3)n(-c3ccccn3)c(=O)c2c1. The first-order chi connectivity index (χ1) is 11.7. The lowest BCUT2D eigenvalue weighted by Crippen LogP contribution is -2.22. The average Bonchev–Trinajstić information content (AvgIpc) is 2.63. The molecule has 116 valence electrons. The summed E-state index contributed by atoms with van der Waals surface area (Å²) < 4.78 is 1.54. The van der Waals surface area contributed by atoms with E-state index >= 15 is 0 Å². The lowest BCUT2D eigenvalue weighted by Gasteiger charge is -2.13. The highest BCUT2D eigenvalue weighted by atomic mass is 16.1. The summed E-state index contributed by atoms with van der Waals surface area (Å²) in [5.74, 6) is 1.07. The fourth-order valence-electron chi connectivity index (χ4n) is 2.69. The van der Waals surface area contributed by atoms with Gasteiger partial charge in [-0.15, -0.1) is 0 Å². The van der Waals surface area contributed by atoms with Gasteiger partial charge in [0.1, 0.15) is 5.82 Å². The van der Waals surface area contributed by atoms with Crippen LogP contribution in [0.4, 0.5) is 0 Å². The molecule has 0 fully saturated rings. The van der Waals surface area contributed by atoms with Crippen LogP contribution in [0.5, 0.6) is 0 Å². The Balaban J connectivity index is 2.14. The monoisotopic (exact) mass is 314 g/mol. The maximum atomic E-state index is 13.1. The number of hydrogen-bond donors (Lipinski definition) is 0. The minimum atomic E-state index is -0.138. The van der Waals surface area contributed by atoms with Crippen LogP contribution in [0.15, 0.2) is 71.9 Å². The second kappa shape index (κ2) is 5.70. The molecule has 3 aromatic heterocycles. The Morgan fingerprint density at radius 3 is 2.67 bits per heavy atom. The molecule has 0 N–H and O–H groups in total. The van der Waals surface area contributed by atoms with Crippen molar-refractivity contribution in [3.8, 4) is 17.2 Å². The number of nitrogens with zero attached hydrogens (tertiary/aromatic N) is 4. The summed E-state index contributed by atoms with van der Waals surface area (Å²) in [5, 5.41) is 0.577. The van der Waals surface area contributed by atoms with Crippen LogP contribution < -0.4 is 5.56 Å². The first-order valence-electron chi connectivity index (χ1n) is 7.59. The highest BCUT2D eigenvalue weighted by Gasteiger charge is 2.15. The third-order valence-corrected chi connectivity index (χ3v) is 3.82. The molecule has 0 radical (unpaired) electrons. The molecule has 0 unspecified atom stereocenters. The largest absolute Gasteiger partial charge is 0.268 e. The summed E-state index contributed by atoms with van der Waals surface area (Å²) in [4.78, 5) is 26.3. The molecule has 5 heteroatoms. The fraction of sp³-hybridized carbons (Fsp3) is 0.0526. The molecule has 0 atom stereocenters. The highest BCUT2D eigenvalue weighted by Crippen LogP contribution is 2.21. The molecule has 0 amide bonds. The Labute approximate surface area is 138 Å². The van der Waals surface area contributed by atoms with Gasteiger partial charge in [0.25, 0.3) is 5.56 Å². The lowest BCUT2D eigenvalue weighted by molar-refractivity contribution is 0.930. The van der Waals surface area contributed by atoms with E-state index in [1.807, 2.05) is 49.4 Å². The van der Waals surface area contributed by atoms with E-state index in [2.05, 4.69) is 9.97 Å². The number of fused-ring (bicyclic) bond motifs is 1. The van der Waals surface area contributed by atoms with Crippen LogP contribution in [0.3, 0.4) is 0 Å². The summed E-state index contributed by atoms with van der Waals surface area (Å²) in [5.41, 5.74) is 2.31. The first-order valence-corrected chi connectivity index (χ1v) is 7.59. The van der Waals surface area contributed by atoms with Crippen LogP contribution in [0.25, 0.3) is 28.1 Å². The molecule has 4 rings (SSSR count). The molecule has 0 spiro atoms. The summed E-state index contributed by atoms with van der Waals surface area (Å²) in [6.07, 6.45) is 5.05. The van der Waals surface area contributed by atoms with Crippen molar-refractivity contribution in [3.63, 3.8) is 0 Å². The topological polar surface area (TPSA) is 60.7 Å². The van der Waals surface area contributed by atoms with Crippen LogP contribution in [0.1, 0.15) is 5.56 Å². The molecule has 0 bridgehead atoms. The van der Waals surface area contributed by atoms with E-state index in [-0.39, 0.29) is 5.56 Å². The van der Waals surface area contributed by atoms with Gasteiger partial charge in [-0.25, -0.2) is 14.5 Å². The lowest BCUT2D eigenvalue weighted by atomic mass is 10.1. The molecule has 4 aromatic rings. The molecular formula is C19H14N4O. The molecule has 24 heavy (non-hydrogen) atoms. The molecule has 0 aliphatic carbocycles. The fourth-order valence-corrected chi connectivity index (χ4v) is 2.69. The molecule has 0 saturated carbocycles. The van der Waals surface area contributed by atoms with Gasteiger partial charge in [0, 0.05) is 24.2 Å². The van der Waals surface area contributed by atoms with E-state index in [1.165, 1.54) is 0 Å². The van der Waals surface area contributed by atoms with E-state index in [1.54, 1.807) is 29.2 Å². The molecule has 0 aliphatic heterocycles. The van der Waals surface area contributed by atoms with Crippen molar-refractivity contribution < 1.29 is 0 Å². The second-order valence-electron chi connectivity index (χ2n) is 5.53. The average molecular weight is 314 g/mol. The van der Waals surface area contributed by atoms with Crippen molar-refractivity contribution in [2.75, 3.05) is 0 Å². The minimum absolute atomic E-state index is 0.138.